The summed E-state index contributed by atoms with van der Waals surface area (Å²) in [7, 11) is 0. The predicted octanol–water partition coefficient (Wildman–Crippen LogP) is 2.80. The number of ether oxygens (including phenoxy) is 2. The van der Waals surface area contributed by atoms with Gasteiger partial charge in [-0.05, 0) is 32.6 Å². The van der Waals surface area contributed by atoms with E-state index in [2.05, 4.69) is 19.9 Å². The van der Waals surface area contributed by atoms with Crippen LogP contribution in [0.4, 0.5) is 0 Å². The maximum absolute atomic E-state index is 8.60. The Morgan fingerprint density at radius 1 is 1.38 bits per heavy atom. The monoisotopic (exact) mass is 223 g/mol. The third-order valence-corrected chi connectivity index (χ3v) is 3.89. The number of fused-ring (bicyclic) bond motifs is 1. The van der Waals surface area contributed by atoms with E-state index in [0.29, 0.717) is 12.5 Å². The van der Waals surface area contributed by atoms with E-state index in [1.165, 1.54) is 0 Å². The highest BCUT2D eigenvalue weighted by Crippen LogP contribution is 2.42. The standard InChI is InChI=1S/C13H21NO2/c1-3-10-9-13(2)12(15-10)7-6-11(16-13)5-4-8-14/h10-12H,3-7,9H2,1-2H3/t10?,11-,12?,13?/m0/s1. The van der Waals surface area contributed by atoms with Crippen molar-refractivity contribution in [1.82, 2.24) is 0 Å². The van der Waals surface area contributed by atoms with Gasteiger partial charge in [0.15, 0.2) is 0 Å². The Morgan fingerprint density at radius 3 is 2.88 bits per heavy atom. The van der Waals surface area contributed by atoms with Crippen LogP contribution in [0.2, 0.25) is 0 Å². The maximum Gasteiger partial charge on any atom is 0.0943 e. The summed E-state index contributed by atoms with van der Waals surface area (Å²) in [5.41, 5.74) is -0.0982. The summed E-state index contributed by atoms with van der Waals surface area (Å²) in [4.78, 5) is 0. The van der Waals surface area contributed by atoms with Gasteiger partial charge in [0, 0.05) is 12.8 Å². The normalized spacial score (nSPS) is 42.7. The zero-order valence-corrected chi connectivity index (χ0v) is 10.2. The summed E-state index contributed by atoms with van der Waals surface area (Å²) in [6.07, 6.45) is 6.58. The molecule has 90 valence electrons. The fraction of sp³-hybridized carbons (Fsp3) is 0.923. The molecule has 0 aliphatic carbocycles. The van der Waals surface area contributed by atoms with Crippen LogP contribution < -0.4 is 0 Å². The molecule has 0 aromatic heterocycles. The van der Waals surface area contributed by atoms with Crippen LogP contribution in [0.15, 0.2) is 0 Å². The quantitative estimate of drug-likeness (QED) is 0.738. The topological polar surface area (TPSA) is 42.2 Å². The molecule has 0 radical (unpaired) electrons. The van der Waals surface area contributed by atoms with Crippen LogP contribution in [0, 0.1) is 11.3 Å². The molecule has 0 bridgehead atoms. The molecule has 0 N–H and O–H groups in total. The molecular formula is C13H21NO2. The minimum Gasteiger partial charge on any atom is -0.372 e. The minimum absolute atomic E-state index is 0.0982. The number of nitriles is 1. The van der Waals surface area contributed by atoms with E-state index in [9.17, 15) is 0 Å². The first-order valence-corrected chi connectivity index (χ1v) is 6.38. The van der Waals surface area contributed by atoms with Crippen molar-refractivity contribution in [3.8, 4) is 6.07 Å². The zero-order chi connectivity index (χ0) is 11.6. The summed E-state index contributed by atoms with van der Waals surface area (Å²) >= 11 is 0. The molecule has 0 aromatic rings. The van der Waals surface area contributed by atoms with Gasteiger partial charge in [-0.3, -0.25) is 0 Å². The van der Waals surface area contributed by atoms with Gasteiger partial charge in [-0.25, -0.2) is 0 Å². The Labute approximate surface area is 97.7 Å². The van der Waals surface area contributed by atoms with Gasteiger partial charge >= 0.3 is 0 Å². The summed E-state index contributed by atoms with van der Waals surface area (Å²) in [5, 5.41) is 8.60. The smallest absolute Gasteiger partial charge is 0.0943 e. The molecule has 0 amide bonds. The van der Waals surface area contributed by atoms with Crippen LogP contribution in [0.5, 0.6) is 0 Å². The van der Waals surface area contributed by atoms with Crippen LogP contribution in [-0.4, -0.2) is 23.9 Å². The summed E-state index contributed by atoms with van der Waals surface area (Å²) < 4.78 is 12.1. The van der Waals surface area contributed by atoms with Gasteiger partial charge in [-0.15, -0.1) is 0 Å². The molecule has 2 saturated heterocycles. The Kier molecular flexibility index (Phi) is 3.51. The molecule has 4 atom stereocenters. The van der Waals surface area contributed by atoms with Crippen molar-refractivity contribution < 1.29 is 9.47 Å². The largest absolute Gasteiger partial charge is 0.372 e. The van der Waals surface area contributed by atoms with Gasteiger partial charge in [0.05, 0.1) is 30.0 Å². The van der Waals surface area contributed by atoms with Gasteiger partial charge in [0.2, 0.25) is 0 Å². The second kappa shape index (κ2) is 4.73. The molecule has 2 aliphatic heterocycles. The molecule has 0 saturated carbocycles. The van der Waals surface area contributed by atoms with Crippen LogP contribution in [0.25, 0.3) is 0 Å². The Balaban J connectivity index is 1.94. The molecule has 0 spiro atoms. The lowest BCUT2D eigenvalue weighted by Gasteiger charge is -2.39. The second-order valence-electron chi connectivity index (χ2n) is 5.19. The second-order valence-corrected chi connectivity index (χ2v) is 5.19. The lowest BCUT2D eigenvalue weighted by atomic mass is 9.87. The third-order valence-electron chi connectivity index (χ3n) is 3.89. The van der Waals surface area contributed by atoms with E-state index in [4.69, 9.17) is 14.7 Å². The van der Waals surface area contributed by atoms with Crippen molar-refractivity contribution in [2.45, 2.75) is 76.3 Å². The first kappa shape index (κ1) is 11.9. The van der Waals surface area contributed by atoms with E-state index >= 15 is 0 Å². The number of rotatable bonds is 3. The Bertz CT molecular complexity index is 286. The molecule has 2 aliphatic rings. The molecular weight excluding hydrogens is 202 g/mol. The molecule has 0 aromatic carbocycles. The maximum atomic E-state index is 8.60. The molecule has 3 unspecified atom stereocenters. The van der Waals surface area contributed by atoms with E-state index in [0.717, 1.165) is 32.1 Å². The van der Waals surface area contributed by atoms with Crippen molar-refractivity contribution in [2.24, 2.45) is 0 Å². The lowest BCUT2D eigenvalue weighted by Crippen LogP contribution is -2.45. The van der Waals surface area contributed by atoms with Crippen LogP contribution >= 0.6 is 0 Å². The Morgan fingerprint density at radius 2 is 2.19 bits per heavy atom. The summed E-state index contributed by atoms with van der Waals surface area (Å²) in [5.74, 6) is 0. The highest BCUT2D eigenvalue weighted by molar-refractivity contribution is 4.98. The van der Waals surface area contributed by atoms with E-state index in [1.54, 1.807) is 0 Å². The fourth-order valence-electron chi connectivity index (χ4n) is 2.95. The van der Waals surface area contributed by atoms with E-state index in [1.807, 2.05) is 0 Å². The van der Waals surface area contributed by atoms with Gasteiger partial charge in [0.1, 0.15) is 0 Å². The molecule has 16 heavy (non-hydrogen) atoms. The van der Waals surface area contributed by atoms with Crippen LogP contribution in [0.1, 0.15) is 52.4 Å². The van der Waals surface area contributed by atoms with Crippen LogP contribution in [0.3, 0.4) is 0 Å². The van der Waals surface area contributed by atoms with Crippen molar-refractivity contribution in [2.75, 3.05) is 0 Å². The zero-order valence-electron chi connectivity index (χ0n) is 10.2. The van der Waals surface area contributed by atoms with Crippen molar-refractivity contribution in [1.29, 1.82) is 5.26 Å². The van der Waals surface area contributed by atoms with Crippen LogP contribution in [-0.2, 0) is 9.47 Å². The first-order valence-electron chi connectivity index (χ1n) is 6.38. The van der Waals surface area contributed by atoms with Crippen molar-refractivity contribution in [3.05, 3.63) is 0 Å². The first-order chi connectivity index (χ1) is 7.68. The van der Waals surface area contributed by atoms with Gasteiger partial charge in [-0.1, -0.05) is 6.92 Å². The van der Waals surface area contributed by atoms with Gasteiger partial charge in [-0.2, -0.15) is 5.26 Å². The third kappa shape index (κ3) is 2.23. The lowest BCUT2D eigenvalue weighted by molar-refractivity contribution is -0.157. The highest BCUT2D eigenvalue weighted by atomic mass is 16.6. The Hall–Kier alpha value is -0.590. The summed E-state index contributed by atoms with van der Waals surface area (Å²) in [6.45, 7) is 4.34. The van der Waals surface area contributed by atoms with Gasteiger partial charge in [0.25, 0.3) is 0 Å². The predicted molar refractivity (Wildman–Crippen MR) is 60.9 cm³/mol. The SMILES string of the molecule is CCC1CC2(C)O[C@@H](CCC#N)CCC2O1. The minimum atomic E-state index is -0.0982. The molecule has 3 heteroatoms. The molecule has 2 rings (SSSR count). The summed E-state index contributed by atoms with van der Waals surface area (Å²) in [6, 6.07) is 2.20. The molecule has 2 heterocycles. The number of hydrogen-bond acceptors (Lipinski definition) is 3. The number of nitrogens with zero attached hydrogens (tertiary/aromatic N) is 1. The number of hydrogen-bond donors (Lipinski definition) is 0. The highest BCUT2D eigenvalue weighted by Gasteiger charge is 2.49. The van der Waals surface area contributed by atoms with Gasteiger partial charge < -0.3 is 9.47 Å². The molecule has 2 fully saturated rings. The van der Waals surface area contributed by atoms with Crippen molar-refractivity contribution in [3.63, 3.8) is 0 Å². The average molecular weight is 223 g/mol. The molecule has 3 nitrogen and oxygen atoms in total. The average Bonchev–Trinajstić information content (AvgIpc) is 2.62. The fourth-order valence-corrected chi connectivity index (χ4v) is 2.95. The van der Waals surface area contributed by atoms with E-state index < -0.39 is 0 Å². The van der Waals surface area contributed by atoms with Crippen molar-refractivity contribution >= 4 is 0 Å². The van der Waals surface area contributed by atoms with E-state index in [-0.39, 0.29) is 17.8 Å².